The molecule has 0 saturated carbocycles. The molecule has 0 amide bonds. The molecule has 0 unspecified atom stereocenters. The first kappa shape index (κ1) is 14.3. The summed E-state index contributed by atoms with van der Waals surface area (Å²) >= 11 is 5.86. The van der Waals surface area contributed by atoms with Crippen LogP contribution in [0.4, 0.5) is 5.69 Å². The minimum absolute atomic E-state index is 0.0366. The van der Waals surface area contributed by atoms with Crippen LogP contribution in [0.5, 0.6) is 0 Å². The Bertz CT molecular complexity index is 466. The van der Waals surface area contributed by atoms with E-state index in [1.165, 1.54) is 12.1 Å². The standard InChI is InChI=1S/C11H17ClN2O2S/c1-8(2)6-7-14-17(15,16)11-9(12)4-3-5-10(11)13/h3-5,8,14H,6-7,13H2,1-2H3. The van der Waals surface area contributed by atoms with Crippen molar-refractivity contribution in [1.29, 1.82) is 0 Å². The number of rotatable bonds is 5. The SMILES string of the molecule is CC(C)CCNS(=O)(=O)c1c(N)cccc1Cl. The lowest BCUT2D eigenvalue weighted by molar-refractivity contribution is 0.552. The van der Waals surface area contributed by atoms with Gasteiger partial charge in [-0.2, -0.15) is 0 Å². The molecule has 0 aromatic heterocycles. The van der Waals surface area contributed by atoms with Gasteiger partial charge in [-0.1, -0.05) is 31.5 Å². The first-order chi connectivity index (χ1) is 7.84. The van der Waals surface area contributed by atoms with Crippen LogP contribution in [-0.2, 0) is 10.0 Å². The van der Waals surface area contributed by atoms with E-state index in [2.05, 4.69) is 4.72 Å². The molecule has 0 heterocycles. The molecular weight excluding hydrogens is 260 g/mol. The highest BCUT2D eigenvalue weighted by atomic mass is 35.5. The van der Waals surface area contributed by atoms with Gasteiger partial charge in [-0.3, -0.25) is 0 Å². The largest absolute Gasteiger partial charge is 0.398 e. The molecule has 0 fully saturated rings. The van der Waals surface area contributed by atoms with Crippen LogP contribution in [0.1, 0.15) is 20.3 Å². The molecule has 0 radical (unpaired) electrons. The van der Waals surface area contributed by atoms with Crippen molar-refractivity contribution in [2.75, 3.05) is 12.3 Å². The van der Waals surface area contributed by atoms with E-state index in [4.69, 9.17) is 17.3 Å². The number of nitrogen functional groups attached to an aromatic ring is 1. The maximum absolute atomic E-state index is 12.0. The minimum atomic E-state index is -3.62. The lowest BCUT2D eigenvalue weighted by Gasteiger charge is -2.11. The zero-order chi connectivity index (χ0) is 13.1. The fourth-order valence-corrected chi connectivity index (χ4v) is 3.08. The second-order valence-corrected chi connectivity index (χ2v) is 6.35. The van der Waals surface area contributed by atoms with Crippen molar-refractivity contribution in [3.63, 3.8) is 0 Å². The molecule has 0 aliphatic rings. The van der Waals surface area contributed by atoms with Crippen molar-refractivity contribution < 1.29 is 8.42 Å². The zero-order valence-corrected chi connectivity index (χ0v) is 11.5. The van der Waals surface area contributed by atoms with Crippen LogP contribution in [0.2, 0.25) is 5.02 Å². The predicted molar refractivity (Wildman–Crippen MR) is 70.5 cm³/mol. The second kappa shape index (κ2) is 5.71. The molecule has 0 atom stereocenters. The molecule has 1 aromatic rings. The Morgan fingerprint density at radius 2 is 2.06 bits per heavy atom. The molecule has 96 valence electrons. The number of hydrogen-bond donors (Lipinski definition) is 2. The average Bonchev–Trinajstić information content (AvgIpc) is 2.15. The van der Waals surface area contributed by atoms with E-state index in [-0.39, 0.29) is 15.6 Å². The third-order valence-corrected chi connectivity index (χ3v) is 4.28. The van der Waals surface area contributed by atoms with Gasteiger partial charge < -0.3 is 5.73 Å². The molecule has 0 aliphatic carbocycles. The van der Waals surface area contributed by atoms with Crippen molar-refractivity contribution in [1.82, 2.24) is 4.72 Å². The summed E-state index contributed by atoms with van der Waals surface area (Å²) in [5.74, 6) is 0.432. The predicted octanol–water partition coefficient (Wildman–Crippen LogP) is 2.25. The number of nitrogens with one attached hydrogen (secondary N) is 1. The molecule has 1 rings (SSSR count). The molecule has 0 aliphatic heterocycles. The molecule has 1 aromatic carbocycles. The fraction of sp³-hybridized carbons (Fsp3) is 0.455. The van der Waals surface area contributed by atoms with Gasteiger partial charge in [0, 0.05) is 6.54 Å². The fourth-order valence-electron chi connectivity index (χ4n) is 1.36. The van der Waals surface area contributed by atoms with Crippen LogP contribution in [0.15, 0.2) is 23.1 Å². The van der Waals surface area contributed by atoms with Crippen molar-refractivity contribution in [2.45, 2.75) is 25.2 Å². The zero-order valence-electron chi connectivity index (χ0n) is 9.90. The van der Waals surface area contributed by atoms with E-state index in [9.17, 15) is 8.42 Å². The topological polar surface area (TPSA) is 72.2 Å². The quantitative estimate of drug-likeness (QED) is 0.810. The van der Waals surface area contributed by atoms with E-state index in [1.54, 1.807) is 6.07 Å². The second-order valence-electron chi connectivity index (χ2n) is 4.24. The van der Waals surface area contributed by atoms with E-state index in [1.807, 2.05) is 13.8 Å². The smallest absolute Gasteiger partial charge is 0.244 e. The third-order valence-electron chi connectivity index (χ3n) is 2.28. The summed E-state index contributed by atoms with van der Waals surface area (Å²) in [5.41, 5.74) is 5.80. The Morgan fingerprint density at radius 3 is 2.59 bits per heavy atom. The number of anilines is 1. The summed E-state index contributed by atoms with van der Waals surface area (Å²) in [6.45, 7) is 4.43. The first-order valence-corrected chi connectivity index (χ1v) is 7.24. The molecular formula is C11H17ClN2O2S. The van der Waals surface area contributed by atoms with E-state index >= 15 is 0 Å². The molecule has 0 saturated heterocycles. The summed E-state index contributed by atoms with van der Waals surface area (Å²) < 4.78 is 26.5. The molecule has 3 N–H and O–H groups in total. The van der Waals surface area contributed by atoms with Gasteiger partial charge in [0.1, 0.15) is 4.90 Å². The Balaban J connectivity index is 2.90. The number of nitrogens with two attached hydrogens (primary N) is 1. The van der Waals surface area contributed by atoms with Gasteiger partial charge in [-0.25, -0.2) is 13.1 Å². The molecule has 6 heteroatoms. The maximum atomic E-state index is 12.0. The van der Waals surface area contributed by atoms with Gasteiger partial charge in [0.25, 0.3) is 0 Å². The lowest BCUT2D eigenvalue weighted by atomic mass is 10.1. The summed E-state index contributed by atoms with van der Waals surface area (Å²) in [7, 11) is -3.62. The normalized spacial score (nSPS) is 12.0. The molecule has 17 heavy (non-hydrogen) atoms. The molecule has 0 bridgehead atoms. The Labute approximate surface area is 107 Å². The van der Waals surface area contributed by atoms with Gasteiger partial charge in [0.05, 0.1) is 10.7 Å². The highest BCUT2D eigenvalue weighted by molar-refractivity contribution is 7.89. The number of hydrogen-bond acceptors (Lipinski definition) is 3. The third kappa shape index (κ3) is 3.87. The van der Waals surface area contributed by atoms with E-state index in [0.29, 0.717) is 12.5 Å². The molecule has 0 spiro atoms. The maximum Gasteiger partial charge on any atom is 0.244 e. The van der Waals surface area contributed by atoms with E-state index in [0.717, 1.165) is 6.42 Å². The minimum Gasteiger partial charge on any atom is -0.398 e. The monoisotopic (exact) mass is 276 g/mol. The van der Waals surface area contributed by atoms with E-state index < -0.39 is 10.0 Å². The van der Waals surface area contributed by atoms with Gasteiger partial charge >= 0.3 is 0 Å². The van der Waals surface area contributed by atoms with Crippen molar-refractivity contribution >= 4 is 27.3 Å². The highest BCUT2D eigenvalue weighted by Gasteiger charge is 2.20. The summed E-state index contributed by atoms with van der Waals surface area (Å²) in [6.07, 6.45) is 0.767. The van der Waals surface area contributed by atoms with Crippen LogP contribution in [0.3, 0.4) is 0 Å². The van der Waals surface area contributed by atoms with Crippen LogP contribution >= 0.6 is 11.6 Å². The molecule has 4 nitrogen and oxygen atoms in total. The summed E-state index contributed by atoms with van der Waals surface area (Å²) in [4.78, 5) is -0.0366. The lowest BCUT2D eigenvalue weighted by Crippen LogP contribution is -2.26. The van der Waals surface area contributed by atoms with Crippen molar-refractivity contribution in [3.05, 3.63) is 23.2 Å². The number of halogens is 1. The van der Waals surface area contributed by atoms with Crippen molar-refractivity contribution in [2.24, 2.45) is 5.92 Å². The number of sulfonamides is 1. The highest BCUT2D eigenvalue weighted by Crippen LogP contribution is 2.26. The Morgan fingerprint density at radius 1 is 1.41 bits per heavy atom. The van der Waals surface area contributed by atoms with Gasteiger partial charge in [0.15, 0.2) is 0 Å². The van der Waals surface area contributed by atoms with Crippen LogP contribution in [0.25, 0.3) is 0 Å². The van der Waals surface area contributed by atoms with Gasteiger partial charge in [-0.15, -0.1) is 0 Å². The van der Waals surface area contributed by atoms with Crippen LogP contribution in [0, 0.1) is 5.92 Å². The Kier molecular flexibility index (Phi) is 4.80. The average molecular weight is 277 g/mol. The van der Waals surface area contributed by atoms with Crippen LogP contribution in [-0.4, -0.2) is 15.0 Å². The van der Waals surface area contributed by atoms with Gasteiger partial charge in [-0.05, 0) is 24.5 Å². The summed E-state index contributed by atoms with van der Waals surface area (Å²) in [6, 6.07) is 4.64. The Hall–Kier alpha value is -0.780. The number of benzene rings is 1. The van der Waals surface area contributed by atoms with Gasteiger partial charge in [0.2, 0.25) is 10.0 Å². The first-order valence-electron chi connectivity index (χ1n) is 5.38. The van der Waals surface area contributed by atoms with Crippen molar-refractivity contribution in [3.8, 4) is 0 Å². The van der Waals surface area contributed by atoms with Crippen LogP contribution < -0.4 is 10.5 Å². The summed E-state index contributed by atoms with van der Waals surface area (Å²) in [5, 5.41) is 0.141.